The van der Waals surface area contributed by atoms with E-state index in [4.69, 9.17) is 0 Å². The summed E-state index contributed by atoms with van der Waals surface area (Å²) in [5.41, 5.74) is 0.575. The predicted molar refractivity (Wildman–Crippen MR) is 56.8 cm³/mol. The molecule has 0 saturated heterocycles. The topological polar surface area (TPSA) is 56.3 Å². The van der Waals surface area contributed by atoms with Gasteiger partial charge in [-0.3, -0.25) is 9.78 Å². The molecular weight excluding hydrogens is 218 g/mol. The molecule has 15 heavy (non-hydrogen) atoms. The Hall–Kier alpha value is -1.42. The van der Waals surface area contributed by atoms with Crippen LogP contribution in [0.1, 0.15) is 12.6 Å². The van der Waals surface area contributed by atoms with Gasteiger partial charge in [0.1, 0.15) is 0 Å². The lowest BCUT2D eigenvalue weighted by Crippen LogP contribution is -2.19. The maximum absolute atomic E-state index is 11.2. The highest BCUT2D eigenvalue weighted by molar-refractivity contribution is 6.34. The van der Waals surface area contributed by atoms with Crippen LogP contribution in [0.15, 0.2) is 24.4 Å². The Morgan fingerprint density at radius 3 is 2.67 bits per heavy atom. The predicted octanol–water partition coefficient (Wildman–Crippen LogP) is 1.18. The van der Waals surface area contributed by atoms with E-state index in [-0.39, 0.29) is 25.4 Å². The molecule has 1 rings (SSSR count). The molecule has 0 N–H and O–H groups in total. The summed E-state index contributed by atoms with van der Waals surface area (Å²) < 4.78 is 4.56. The highest BCUT2D eigenvalue weighted by Gasteiger charge is 2.15. The second-order valence-corrected chi connectivity index (χ2v) is 2.64. The summed E-state index contributed by atoms with van der Waals surface area (Å²) in [5.74, 6) is -1.36. The molecule has 4 nitrogen and oxygen atoms in total. The third-order valence-electron chi connectivity index (χ3n) is 1.57. The van der Waals surface area contributed by atoms with Crippen molar-refractivity contribution < 1.29 is 14.3 Å². The Morgan fingerprint density at radius 2 is 2.13 bits per heavy atom. The van der Waals surface area contributed by atoms with Crippen LogP contribution in [0.5, 0.6) is 0 Å². The fourth-order valence-corrected chi connectivity index (χ4v) is 0.951. The number of rotatable bonds is 4. The van der Waals surface area contributed by atoms with Crippen molar-refractivity contribution in [3.63, 3.8) is 0 Å². The first-order valence-electron chi connectivity index (χ1n) is 4.34. The van der Waals surface area contributed by atoms with Crippen molar-refractivity contribution in [2.45, 2.75) is 13.3 Å². The number of pyridine rings is 1. The van der Waals surface area contributed by atoms with Gasteiger partial charge in [0.25, 0.3) is 0 Å². The molecular formula is C10H12ClNO3. The smallest absolute Gasteiger partial charge is 0.375 e. The van der Waals surface area contributed by atoms with E-state index in [9.17, 15) is 9.59 Å². The number of aromatic nitrogens is 1. The van der Waals surface area contributed by atoms with Crippen LogP contribution in [0.2, 0.25) is 0 Å². The van der Waals surface area contributed by atoms with Gasteiger partial charge in [-0.05, 0) is 19.1 Å². The molecule has 1 heterocycles. The van der Waals surface area contributed by atoms with Crippen LogP contribution in [0.4, 0.5) is 0 Å². The van der Waals surface area contributed by atoms with Crippen molar-refractivity contribution in [1.82, 2.24) is 4.98 Å². The standard InChI is InChI=1S/C10H11NO3.ClH/c1-2-14-10(13)9(12)7-8-5-3-4-6-11-8;/h3-6H,2,7H2,1H3;1H. The summed E-state index contributed by atoms with van der Waals surface area (Å²) in [5, 5.41) is 0. The fraction of sp³-hybridized carbons (Fsp3) is 0.300. The highest BCUT2D eigenvalue weighted by Crippen LogP contribution is 1.96. The minimum absolute atomic E-state index is 0. The zero-order chi connectivity index (χ0) is 10.4. The van der Waals surface area contributed by atoms with Crippen LogP contribution in [0.3, 0.4) is 0 Å². The number of hydrogen-bond donors (Lipinski definition) is 0. The first kappa shape index (κ1) is 13.6. The van der Waals surface area contributed by atoms with Gasteiger partial charge in [-0.1, -0.05) is 6.07 Å². The number of carbonyl (C=O) groups is 2. The van der Waals surface area contributed by atoms with Gasteiger partial charge >= 0.3 is 5.97 Å². The van der Waals surface area contributed by atoms with E-state index in [1.165, 1.54) is 0 Å². The lowest BCUT2D eigenvalue weighted by molar-refractivity contribution is -0.153. The van der Waals surface area contributed by atoms with E-state index in [0.717, 1.165) is 0 Å². The Bertz CT molecular complexity index is 327. The average Bonchev–Trinajstić information content (AvgIpc) is 2.19. The van der Waals surface area contributed by atoms with Crippen molar-refractivity contribution in [3.05, 3.63) is 30.1 Å². The first-order chi connectivity index (χ1) is 6.74. The second-order valence-electron chi connectivity index (χ2n) is 2.64. The molecule has 0 atom stereocenters. The SMILES string of the molecule is CCOC(=O)C(=O)Cc1ccccn1.Cl. The lowest BCUT2D eigenvalue weighted by Gasteiger charge is -1.99. The zero-order valence-electron chi connectivity index (χ0n) is 8.30. The van der Waals surface area contributed by atoms with E-state index in [0.29, 0.717) is 5.69 Å². The fourth-order valence-electron chi connectivity index (χ4n) is 0.951. The summed E-state index contributed by atoms with van der Waals surface area (Å²) in [6.07, 6.45) is 1.58. The Balaban J connectivity index is 0.00000196. The van der Waals surface area contributed by atoms with Crippen molar-refractivity contribution in [2.75, 3.05) is 6.61 Å². The molecule has 0 radical (unpaired) electrons. The van der Waals surface area contributed by atoms with Crippen molar-refractivity contribution in [3.8, 4) is 0 Å². The number of hydrogen-bond acceptors (Lipinski definition) is 4. The number of esters is 1. The molecule has 0 aromatic carbocycles. The monoisotopic (exact) mass is 229 g/mol. The minimum atomic E-state index is -0.793. The Kier molecular flexibility index (Phi) is 6.29. The summed E-state index contributed by atoms with van der Waals surface area (Å²) in [4.78, 5) is 26.1. The number of carbonyl (C=O) groups excluding carboxylic acids is 2. The van der Waals surface area contributed by atoms with Crippen LogP contribution in [-0.4, -0.2) is 23.3 Å². The molecule has 0 saturated carbocycles. The Labute approximate surface area is 94.1 Å². The average molecular weight is 230 g/mol. The van der Waals surface area contributed by atoms with Crippen LogP contribution in [-0.2, 0) is 20.7 Å². The van der Waals surface area contributed by atoms with Gasteiger partial charge in [-0.2, -0.15) is 0 Å². The van der Waals surface area contributed by atoms with Crippen molar-refractivity contribution in [2.24, 2.45) is 0 Å². The Morgan fingerprint density at radius 1 is 1.40 bits per heavy atom. The van der Waals surface area contributed by atoms with Gasteiger partial charge in [-0.15, -0.1) is 12.4 Å². The van der Waals surface area contributed by atoms with Crippen LogP contribution < -0.4 is 0 Å². The number of halogens is 1. The second kappa shape index (κ2) is 6.95. The molecule has 0 amide bonds. The highest BCUT2D eigenvalue weighted by atomic mass is 35.5. The third-order valence-corrected chi connectivity index (χ3v) is 1.57. The van der Waals surface area contributed by atoms with Crippen LogP contribution in [0, 0.1) is 0 Å². The largest absolute Gasteiger partial charge is 0.460 e. The first-order valence-corrected chi connectivity index (χ1v) is 4.34. The molecule has 0 fully saturated rings. The number of ether oxygens (including phenoxy) is 1. The molecule has 1 aromatic rings. The van der Waals surface area contributed by atoms with Gasteiger partial charge in [0.2, 0.25) is 5.78 Å². The van der Waals surface area contributed by atoms with E-state index >= 15 is 0 Å². The maximum atomic E-state index is 11.2. The number of nitrogens with zero attached hydrogens (tertiary/aromatic N) is 1. The number of Topliss-reactive ketones (excluding diaryl/α,β-unsaturated/α-hetero) is 1. The van der Waals surface area contributed by atoms with Crippen LogP contribution in [0.25, 0.3) is 0 Å². The summed E-state index contributed by atoms with van der Waals surface area (Å²) in [6, 6.07) is 5.20. The summed E-state index contributed by atoms with van der Waals surface area (Å²) >= 11 is 0. The van der Waals surface area contributed by atoms with Crippen molar-refractivity contribution >= 4 is 24.2 Å². The summed E-state index contributed by atoms with van der Waals surface area (Å²) in [7, 11) is 0. The van der Waals surface area contributed by atoms with E-state index in [1.807, 2.05) is 0 Å². The van der Waals surface area contributed by atoms with Gasteiger partial charge in [0.05, 0.1) is 13.0 Å². The molecule has 0 aliphatic heterocycles. The molecule has 0 spiro atoms. The normalized spacial score (nSPS) is 8.87. The zero-order valence-corrected chi connectivity index (χ0v) is 9.12. The quantitative estimate of drug-likeness (QED) is 0.575. The van der Waals surface area contributed by atoms with Gasteiger partial charge in [0.15, 0.2) is 0 Å². The lowest BCUT2D eigenvalue weighted by atomic mass is 10.2. The molecule has 0 aliphatic rings. The van der Waals surface area contributed by atoms with Gasteiger partial charge < -0.3 is 4.74 Å². The molecule has 0 aliphatic carbocycles. The van der Waals surface area contributed by atoms with Crippen LogP contribution >= 0.6 is 12.4 Å². The molecule has 0 bridgehead atoms. The van der Waals surface area contributed by atoms with Crippen molar-refractivity contribution in [1.29, 1.82) is 0 Å². The molecule has 1 aromatic heterocycles. The molecule has 5 heteroatoms. The summed E-state index contributed by atoms with van der Waals surface area (Å²) in [6.45, 7) is 1.87. The third kappa shape index (κ3) is 4.56. The number of ketones is 1. The van der Waals surface area contributed by atoms with E-state index in [1.54, 1.807) is 31.3 Å². The minimum Gasteiger partial charge on any atom is -0.460 e. The molecule has 82 valence electrons. The van der Waals surface area contributed by atoms with Gasteiger partial charge in [-0.25, -0.2) is 4.79 Å². The van der Waals surface area contributed by atoms with E-state index < -0.39 is 11.8 Å². The van der Waals surface area contributed by atoms with Gasteiger partial charge in [0, 0.05) is 11.9 Å². The molecule has 0 unspecified atom stereocenters. The maximum Gasteiger partial charge on any atom is 0.375 e. The van der Waals surface area contributed by atoms with E-state index in [2.05, 4.69) is 9.72 Å².